The van der Waals surface area contributed by atoms with Gasteiger partial charge in [0, 0.05) is 18.0 Å². The SMILES string of the molecule is C[C@@H](C(=O)NC1CCCCC1)N(CCc1ccccc1)C(=O)CN(c1cccc2ccccc12)S(C)(=O)=O. The van der Waals surface area contributed by atoms with Crippen LogP contribution in [0.1, 0.15) is 44.6 Å². The summed E-state index contributed by atoms with van der Waals surface area (Å²) in [7, 11) is -3.79. The number of hydrogen-bond acceptors (Lipinski definition) is 4. The van der Waals surface area contributed by atoms with E-state index in [1.807, 2.05) is 60.7 Å². The van der Waals surface area contributed by atoms with Gasteiger partial charge < -0.3 is 10.2 Å². The molecule has 2 amide bonds. The Morgan fingerprint density at radius 3 is 2.29 bits per heavy atom. The van der Waals surface area contributed by atoms with E-state index < -0.39 is 22.0 Å². The minimum absolute atomic E-state index is 0.118. The van der Waals surface area contributed by atoms with E-state index in [2.05, 4.69) is 5.32 Å². The molecule has 1 aliphatic rings. The van der Waals surface area contributed by atoms with Gasteiger partial charge in [-0.2, -0.15) is 0 Å². The highest BCUT2D eigenvalue weighted by Gasteiger charge is 2.31. The number of carbonyl (C=O) groups is 2. The third-order valence-corrected chi connectivity index (χ3v) is 8.44. The van der Waals surface area contributed by atoms with Gasteiger partial charge in [-0.05, 0) is 43.2 Å². The van der Waals surface area contributed by atoms with Crippen molar-refractivity contribution in [1.82, 2.24) is 10.2 Å². The van der Waals surface area contributed by atoms with Crippen LogP contribution in [0.4, 0.5) is 5.69 Å². The van der Waals surface area contributed by atoms with Crippen LogP contribution in [0.5, 0.6) is 0 Å². The molecule has 1 atom stereocenters. The van der Waals surface area contributed by atoms with E-state index in [1.54, 1.807) is 19.1 Å². The minimum Gasteiger partial charge on any atom is -0.352 e. The highest BCUT2D eigenvalue weighted by molar-refractivity contribution is 7.92. The molecule has 0 bridgehead atoms. The smallest absolute Gasteiger partial charge is 0.244 e. The molecule has 1 fully saturated rings. The second-order valence-electron chi connectivity index (χ2n) is 10.1. The number of amides is 2. The van der Waals surface area contributed by atoms with Crippen molar-refractivity contribution in [3.8, 4) is 0 Å². The number of hydrogen-bond donors (Lipinski definition) is 1. The zero-order valence-electron chi connectivity index (χ0n) is 22.2. The van der Waals surface area contributed by atoms with Crippen molar-refractivity contribution < 1.29 is 18.0 Å². The Kier molecular flexibility index (Phi) is 9.05. The maximum Gasteiger partial charge on any atom is 0.244 e. The highest BCUT2D eigenvalue weighted by atomic mass is 32.2. The Morgan fingerprint density at radius 1 is 0.921 bits per heavy atom. The molecule has 0 aliphatic heterocycles. The third-order valence-electron chi connectivity index (χ3n) is 7.32. The molecule has 0 radical (unpaired) electrons. The fourth-order valence-corrected chi connectivity index (χ4v) is 6.02. The number of benzene rings is 3. The van der Waals surface area contributed by atoms with E-state index in [4.69, 9.17) is 0 Å². The zero-order chi connectivity index (χ0) is 27.1. The molecule has 0 unspecified atom stereocenters. The summed E-state index contributed by atoms with van der Waals surface area (Å²) in [5.74, 6) is -0.611. The summed E-state index contributed by atoms with van der Waals surface area (Å²) < 4.78 is 27.1. The predicted octanol–water partition coefficient (Wildman–Crippen LogP) is 4.51. The maximum atomic E-state index is 13.8. The van der Waals surface area contributed by atoms with Crippen LogP contribution in [0, 0.1) is 0 Å². The Balaban J connectivity index is 1.60. The van der Waals surface area contributed by atoms with Crippen LogP contribution < -0.4 is 9.62 Å². The number of nitrogens with zero attached hydrogens (tertiary/aromatic N) is 2. The van der Waals surface area contributed by atoms with E-state index in [-0.39, 0.29) is 18.5 Å². The van der Waals surface area contributed by atoms with Gasteiger partial charge >= 0.3 is 0 Å². The van der Waals surface area contributed by atoms with Crippen LogP contribution >= 0.6 is 0 Å². The topological polar surface area (TPSA) is 86.8 Å². The zero-order valence-corrected chi connectivity index (χ0v) is 23.0. The molecule has 3 aromatic rings. The van der Waals surface area contributed by atoms with Crippen LogP contribution in [0.3, 0.4) is 0 Å². The van der Waals surface area contributed by atoms with Crippen molar-refractivity contribution in [2.75, 3.05) is 23.7 Å². The molecular formula is C30H37N3O4S. The molecule has 3 aromatic carbocycles. The minimum atomic E-state index is -3.79. The molecule has 0 saturated heterocycles. The Bertz CT molecular complexity index is 1350. The molecule has 8 heteroatoms. The second kappa shape index (κ2) is 12.4. The van der Waals surface area contributed by atoms with E-state index >= 15 is 0 Å². The number of sulfonamides is 1. The Hall–Kier alpha value is -3.39. The number of nitrogens with one attached hydrogen (secondary N) is 1. The lowest BCUT2D eigenvalue weighted by atomic mass is 9.95. The average molecular weight is 536 g/mol. The lowest BCUT2D eigenvalue weighted by Gasteiger charge is -2.33. The summed E-state index contributed by atoms with van der Waals surface area (Å²) >= 11 is 0. The lowest BCUT2D eigenvalue weighted by molar-refractivity contribution is -0.139. The van der Waals surface area contributed by atoms with E-state index in [9.17, 15) is 18.0 Å². The molecule has 202 valence electrons. The lowest BCUT2D eigenvalue weighted by Crippen LogP contribution is -2.53. The van der Waals surface area contributed by atoms with Gasteiger partial charge in [-0.15, -0.1) is 0 Å². The quantitative estimate of drug-likeness (QED) is 0.414. The Labute approximate surface area is 225 Å². The number of fused-ring (bicyclic) bond motifs is 1. The van der Waals surface area contributed by atoms with E-state index in [0.717, 1.165) is 52.6 Å². The maximum absolute atomic E-state index is 13.8. The van der Waals surface area contributed by atoms with Gasteiger partial charge in [0.2, 0.25) is 21.8 Å². The van der Waals surface area contributed by atoms with Gasteiger partial charge in [-0.1, -0.05) is 86.0 Å². The van der Waals surface area contributed by atoms with Crippen molar-refractivity contribution in [1.29, 1.82) is 0 Å². The molecule has 7 nitrogen and oxygen atoms in total. The van der Waals surface area contributed by atoms with Crippen LogP contribution in [-0.4, -0.2) is 56.6 Å². The molecular weight excluding hydrogens is 498 g/mol. The first-order chi connectivity index (χ1) is 18.2. The third kappa shape index (κ3) is 6.92. The first kappa shape index (κ1) is 27.6. The first-order valence-electron chi connectivity index (χ1n) is 13.3. The fourth-order valence-electron chi connectivity index (χ4n) is 5.16. The van der Waals surface area contributed by atoms with Crippen LogP contribution in [-0.2, 0) is 26.0 Å². The Morgan fingerprint density at radius 2 is 1.58 bits per heavy atom. The molecule has 0 heterocycles. The van der Waals surface area contributed by atoms with Gasteiger partial charge in [0.05, 0.1) is 11.9 Å². The summed E-state index contributed by atoms with van der Waals surface area (Å²) in [4.78, 5) is 28.6. The van der Waals surface area contributed by atoms with Crippen molar-refractivity contribution in [3.63, 3.8) is 0 Å². The van der Waals surface area contributed by atoms with Crippen molar-refractivity contribution in [2.45, 2.75) is 57.5 Å². The molecule has 0 aromatic heterocycles. The predicted molar refractivity (Wildman–Crippen MR) is 152 cm³/mol. The van der Waals surface area contributed by atoms with Gasteiger partial charge in [-0.25, -0.2) is 8.42 Å². The molecule has 1 saturated carbocycles. The van der Waals surface area contributed by atoms with E-state index in [1.165, 1.54) is 11.3 Å². The van der Waals surface area contributed by atoms with Gasteiger partial charge in [0.1, 0.15) is 12.6 Å². The average Bonchev–Trinajstić information content (AvgIpc) is 2.92. The van der Waals surface area contributed by atoms with Gasteiger partial charge in [-0.3, -0.25) is 13.9 Å². The molecule has 1 aliphatic carbocycles. The second-order valence-corrected chi connectivity index (χ2v) is 12.0. The standard InChI is InChI=1S/C30H37N3O4S/c1-23(30(35)31-26-16-7-4-8-17-26)32(21-20-24-12-5-3-6-13-24)29(34)22-33(38(2,36)37)28-19-11-15-25-14-9-10-18-27(25)28/h3,5-6,9-15,18-19,23,26H,4,7-8,16-17,20-22H2,1-2H3,(H,31,35)/t23-/m0/s1. The van der Waals surface area contributed by atoms with Crippen molar-refractivity contribution in [2.24, 2.45) is 0 Å². The van der Waals surface area contributed by atoms with Gasteiger partial charge in [0.15, 0.2) is 0 Å². The molecule has 38 heavy (non-hydrogen) atoms. The highest BCUT2D eigenvalue weighted by Crippen LogP contribution is 2.28. The molecule has 4 rings (SSSR count). The monoisotopic (exact) mass is 535 g/mol. The number of anilines is 1. The number of rotatable bonds is 10. The van der Waals surface area contributed by atoms with Crippen molar-refractivity contribution >= 4 is 38.3 Å². The van der Waals surface area contributed by atoms with Crippen LogP contribution in [0.2, 0.25) is 0 Å². The summed E-state index contributed by atoms with van der Waals surface area (Å²) in [6.07, 6.45) is 6.91. The van der Waals surface area contributed by atoms with Crippen LogP contribution in [0.15, 0.2) is 72.8 Å². The summed E-state index contributed by atoms with van der Waals surface area (Å²) in [6, 6.07) is 22.0. The summed E-state index contributed by atoms with van der Waals surface area (Å²) in [5, 5.41) is 4.75. The normalized spacial score (nSPS) is 15.1. The summed E-state index contributed by atoms with van der Waals surface area (Å²) in [5.41, 5.74) is 1.49. The molecule has 1 N–H and O–H groups in total. The van der Waals surface area contributed by atoms with Crippen LogP contribution in [0.25, 0.3) is 10.8 Å². The summed E-state index contributed by atoms with van der Waals surface area (Å²) in [6.45, 7) is 1.64. The van der Waals surface area contributed by atoms with Gasteiger partial charge in [0.25, 0.3) is 0 Å². The largest absolute Gasteiger partial charge is 0.352 e. The van der Waals surface area contributed by atoms with Crippen molar-refractivity contribution in [3.05, 3.63) is 78.4 Å². The first-order valence-corrected chi connectivity index (χ1v) is 15.2. The fraction of sp³-hybridized carbons (Fsp3) is 0.400. The van der Waals surface area contributed by atoms with E-state index in [0.29, 0.717) is 18.7 Å². The number of carbonyl (C=O) groups excluding carboxylic acids is 2. The molecule has 0 spiro atoms.